The minimum absolute atomic E-state index is 0.0686. The van der Waals surface area contributed by atoms with Gasteiger partial charge >= 0.3 is 0 Å². The van der Waals surface area contributed by atoms with Crippen LogP contribution in [-0.4, -0.2) is 9.97 Å². The van der Waals surface area contributed by atoms with Gasteiger partial charge in [0.25, 0.3) is 0 Å². The van der Waals surface area contributed by atoms with Crippen molar-refractivity contribution < 1.29 is 8.78 Å². The van der Waals surface area contributed by atoms with Crippen molar-refractivity contribution in [3.05, 3.63) is 35.0 Å². The molecule has 0 saturated carbocycles. The van der Waals surface area contributed by atoms with Crippen LogP contribution in [0, 0.1) is 11.6 Å². The van der Waals surface area contributed by atoms with Gasteiger partial charge in [-0.2, -0.15) is 0 Å². The lowest BCUT2D eigenvalue weighted by molar-refractivity contribution is 0.603. The Balaban J connectivity index is 2.66. The van der Waals surface area contributed by atoms with E-state index in [0.29, 0.717) is 0 Å². The van der Waals surface area contributed by atoms with Crippen LogP contribution in [0.2, 0.25) is 5.02 Å². The Bertz CT molecular complexity index is 510. The number of nitrogens with zero attached hydrogens (tertiary/aromatic N) is 1. The van der Waals surface area contributed by atoms with E-state index in [1.54, 1.807) is 0 Å². The molecule has 6 heteroatoms. The summed E-state index contributed by atoms with van der Waals surface area (Å²) in [5, 5.41) is -0.293. The van der Waals surface area contributed by atoms with Crippen LogP contribution < -0.4 is 5.73 Å². The number of benzene rings is 1. The molecule has 0 aliphatic rings. The summed E-state index contributed by atoms with van der Waals surface area (Å²) in [6.45, 7) is 0. The fourth-order valence-electron chi connectivity index (χ4n) is 1.24. The molecule has 3 N–H and O–H groups in total. The Hall–Kier alpha value is -1.62. The molecule has 1 aromatic heterocycles. The Morgan fingerprint density at radius 2 is 1.93 bits per heavy atom. The number of nitrogens with two attached hydrogens (primary N) is 1. The summed E-state index contributed by atoms with van der Waals surface area (Å²) >= 11 is 5.64. The third kappa shape index (κ3) is 1.66. The zero-order chi connectivity index (χ0) is 11.0. The first-order valence-corrected chi connectivity index (χ1v) is 4.41. The van der Waals surface area contributed by atoms with E-state index >= 15 is 0 Å². The molecule has 0 bridgehead atoms. The molecule has 78 valence electrons. The van der Waals surface area contributed by atoms with Crippen LogP contribution in [0.25, 0.3) is 11.3 Å². The molecule has 2 aromatic rings. The number of anilines is 1. The molecule has 0 atom stereocenters. The van der Waals surface area contributed by atoms with Gasteiger partial charge in [-0.15, -0.1) is 0 Å². The van der Waals surface area contributed by atoms with Crippen LogP contribution in [-0.2, 0) is 0 Å². The van der Waals surface area contributed by atoms with Gasteiger partial charge in [0.15, 0.2) is 5.95 Å². The number of aromatic nitrogens is 2. The lowest BCUT2D eigenvalue weighted by Gasteiger charge is -2.03. The molecular formula is C9H6ClF2N3. The van der Waals surface area contributed by atoms with E-state index in [1.807, 2.05) is 0 Å². The summed E-state index contributed by atoms with van der Waals surface area (Å²) in [4.78, 5) is 6.26. The van der Waals surface area contributed by atoms with Gasteiger partial charge in [0.2, 0.25) is 0 Å². The third-order valence-corrected chi connectivity index (χ3v) is 2.28. The van der Waals surface area contributed by atoms with E-state index in [1.165, 1.54) is 6.20 Å². The molecule has 1 aromatic carbocycles. The number of H-pyrrole nitrogens is 1. The normalized spacial score (nSPS) is 10.6. The number of nitrogen functional groups attached to an aromatic ring is 1. The first-order chi connectivity index (χ1) is 7.09. The maximum absolute atomic E-state index is 13.4. The summed E-state index contributed by atoms with van der Waals surface area (Å²) in [7, 11) is 0. The number of halogens is 3. The molecule has 0 aliphatic heterocycles. The molecular weight excluding hydrogens is 224 g/mol. The van der Waals surface area contributed by atoms with Gasteiger partial charge in [-0.05, 0) is 12.1 Å². The largest absolute Gasteiger partial charge is 0.369 e. The highest BCUT2D eigenvalue weighted by atomic mass is 35.5. The molecule has 0 radical (unpaired) electrons. The molecule has 0 aliphatic carbocycles. The summed E-state index contributed by atoms with van der Waals surface area (Å²) < 4.78 is 26.5. The molecule has 2 rings (SSSR count). The van der Waals surface area contributed by atoms with Crippen molar-refractivity contribution in [3.8, 4) is 11.3 Å². The van der Waals surface area contributed by atoms with Crippen molar-refractivity contribution in [2.24, 2.45) is 0 Å². The Kier molecular flexibility index (Phi) is 2.32. The van der Waals surface area contributed by atoms with Gasteiger partial charge in [-0.3, -0.25) is 0 Å². The fraction of sp³-hybridized carbons (Fsp3) is 0. The van der Waals surface area contributed by atoms with Crippen LogP contribution in [0.1, 0.15) is 0 Å². The number of hydrogen-bond donors (Lipinski definition) is 2. The van der Waals surface area contributed by atoms with Crippen molar-refractivity contribution in [3.63, 3.8) is 0 Å². The number of hydrogen-bond acceptors (Lipinski definition) is 2. The number of aromatic amines is 1. The van der Waals surface area contributed by atoms with Crippen LogP contribution >= 0.6 is 11.6 Å². The molecule has 0 fully saturated rings. The van der Waals surface area contributed by atoms with Gasteiger partial charge in [0.1, 0.15) is 11.6 Å². The van der Waals surface area contributed by atoms with Gasteiger partial charge in [0.05, 0.1) is 22.5 Å². The molecule has 0 amide bonds. The highest BCUT2D eigenvalue weighted by Gasteiger charge is 2.15. The van der Waals surface area contributed by atoms with Gasteiger partial charge < -0.3 is 10.7 Å². The second-order valence-corrected chi connectivity index (χ2v) is 3.28. The topological polar surface area (TPSA) is 54.7 Å². The van der Waals surface area contributed by atoms with Crippen LogP contribution in [0.5, 0.6) is 0 Å². The first-order valence-electron chi connectivity index (χ1n) is 4.04. The highest BCUT2D eigenvalue weighted by Crippen LogP contribution is 2.31. The summed E-state index contributed by atoms with van der Waals surface area (Å²) in [6.07, 6.45) is 1.29. The SMILES string of the molecule is Nc1ncc(-c2c(F)ccc(F)c2Cl)[nH]1. The maximum Gasteiger partial charge on any atom is 0.197 e. The van der Waals surface area contributed by atoms with Gasteiger partial charge in [-0.25, -0.2) is 13.8 Å². The summed E-state index contributed by atoms with van der Waals surface area (Å²) in [5.41, 5.74) is 5.50. The molecule has 0 spiro atoms. The number of imidazole rings is 1. The summed E-state index contributed by atoms with van der Waals surface area (Å²) in [5.74, 6) is -1.21. The molecule has 1 heterocycles. The molecule has 0 unspecified atom stereocenters. The molecule has 15 heavy (non-hydrogen) atoms. The van der Waals surface area contributed by atoms with E-state index in [-0.39, 0.29) is 22.2 Å². The second-order valence-electron chi connectivity index (χ2n) is 2.90. The average molecular weight is 230 g/mol. The standard InChI is InChI=1S/C9H6ClF2N3/c10-8-5(12)2-1-4(11)7(8)6-3-14-9(13)15-6/h1-3H,(H3,13,14,15). The van der Waals surface area contributed by atoms with Crippen molar-refractivity contribution in [2.45, 2.75) is 0 Å². The second kappa shape index (κ2) is 3.51. The van der Waals surface area contributed by atoms with Crippen molar-refractivity contribution in [1.82, 2.24) is 9.97 Å². The van der Waals surface area contributed by atoms with E-state index in [0.717, 1.165) is 12.1 Å². The number of rotatable bonds is 1. The lowest BCUT2D eigenvalue weighted by Crippen LogP contribution is -1.90. The lowest BCUT2D eigenvalue weighted by atomic mass is 10.1. The minimum Gasteiger partial charge on any atom is -0.369 e. The predicted octanol–water partition coefficient (Wildman–Crippen LogP) is 2.59. The fourth-order valence-corrected chi connectivity index (χ4v) is 1.49. The third-order valence-electron chi connectivity index (χ3n) is 1.91. The van der Waals surface area contributed by atoms with Crippen LogP contribution in [0.4, 0.5) is 14.7 Å². The van der Waals surface area contributed by atoms with E-state index in [9.17, 15) is 8.78 Å². The summed E-state index contributed by atoms with van der Waals surface area (Å²) in [6, 6.07) is 1.95. The van der Waals surface area contributed by atoms with Gasteiger partial charge in [-0.1, -0.05) is 11.6 Å². The minimum atomic E-state index is -0.693. The number of nitrogens with one attached hydrogen (secondary N) is 1. The molecule has 3 nitrogen and oxygen atoms in total. The zero-order valence-corrected chi connectivity index (χ0v) is 8.15. The van der Waals surface area contributed by atoms with E-state index < -0.39 is 11.6 Å². The monoisotopic (exact) mass is 229 g/mol. The van der Waals surface area contributed by atoms with Crippen molar-refractivity contribution in [2.75, 3.05) is 5.73 Å². The smallest absolute Gasteiger partial charge is 0.197 e. The van der Waals surface area contributed by atoms with Crippen molar-refractivity contribution >= 4 is 17.5 Å². The average Bonchev–Trinajstić information content (AvgIpc) is 2.59. The Morgan fingerprint density at radius 1 is 1.27 bits per heavy atom. The predicted molar refractivity (Wildman–Crippen MR) is 53.4 cm³/mol. The van der Waals surface area contributed by atoms with Crippen LogP contribution in [0.15, 0.2) is 18.3 Å². The Morgan fingerprint density at radius 3 is 2.53 bits per heavy atom. The Labute approximate surface area is 88.9 Å². The van der Waals surface area contributed by atoms with E-state index in [4.69, 9.17) is 17.3 Å². The first kappa shape index (κ1) is 9.92. The van der Waals surface area contributed by atoms with Crippen molar-refractivity contribution in [1.29, 1.82) is 0 Å². The zero-order valence-electron chi connectivity index (χ0n) is 7.39. The quantitative estimate of drug-likeness (QED) is 0.739. The highest BCUT2D eigenvalue weighted by molar-refractivity contribution is 6.33. The van der Waals surface area contributed by atoms with E-state index in [2.05, 4.69) is 9.97 Å². The van der Waals surface area contributed by atoms with Gasteiger partial charge in [0, 0.05) is 0 Å². The maximum atomic E-state index is 13.4. The van der Waals surface area contributed by atoms with Crippen LogP contribution in [0.3, 0.4) is 0 Å². The molecule has 0 saturated heterocycles.